The molecule has 0 bridgehead atoms. The molecule has 17 heavy (non-hydrogen) atoms. The van der Waals surface area contributed by atoms with Crippen LogP contribution in [0.3, 0.4) is 0 Å². The molecule has 0 radical (unpaired) electrons. The topological polar surface area (TPSA) is 69.6 Å². The Morgan fingerprint density at radius 2 is 2.18 bits per heavy atom. The van der Waals surface area contributed by atoms with Crippen LogP contribution in [0.25, 0.3) is 0 Å². The Morgan fingerprint density at radius 1 is 1.47 bits per heavy atom. The van der Waals surface area contributed by atoms with E-state index in [1.807, 2.05) is 0 Å². The number of urea groups is 1. The molecule has 0 aromatic rings. The third-order valence-electron chi connectivity index (χ3n) is 4.12. The van der Waals surface area contributed by atoms with Gasteiger partial charge in [0.05, 0.1) is 0 Å². The molecule has 0 aromatic heterocycles. The van der Waals surface area contributed by atoms with Crippen LogP contribution in [0.1, 0.15) is 39.0 Å². The first kappa shape index (κ1) is 12.2. The van der Waals surface area contributed by atoms with E-state index in [1.54, 1.807) is 0 Å². The van der Waals surface area contributed by atoms with Gasteiger partial charge < -0.3 is 15.3 Å². The van der Waals surface area contributed by atoms with Gasteiger partial charge in [-0.05, 0) is 37.5 Å². The summed E-state index contributed by atoms with van der Waals surface area (Å²) in [6.45, 7) is 3.38. The van der Waals surface area contributed by atoms with Gasteiger partial charge in [0.15, 0.2) is 0 Å². The SMILES string of the molecule is CCC1(CNC(=O)N2CCCC2C(=O)O)CC1. The van der Waals surface area contributed by atoms with Crippen LogP contribution >= 0.6 is 0 Å². The molecule has 5 nitrogen and oxygen atoms in total. The number of aliphatic carboxylic acids is 1. The predicted octanol–water partition coefficient (Wildman–Crippen LogP) is 1.44. The standard InChI is InChI=1S/C12H20N2O3/c1-2-12(5-6-12)8-13-11(17)14-7-3-4-9(14)10(15)16/h9H,2-8H2,1H3,(H,13,17)(H,15,16). The van der Waals surface area contributed by atoms with Gasteiger partial charge in [-0.2, -0.15) is 0 Å². The maximum Gasteiger partial charge on any atom is 0.326 e. The third-order valence-corrected chi connectivity index (χ3v) is 4.12. The van der Waals surface area contributed by atoms with E-state index in [4.69, 9.17) is 5.11 Å². The average Bonchev–Trinajstić information content (AvgIpc) is 2.91. The quantitative estimate of drug-likeness (QED) is 0.781. The number of nitrogens with one attached hydrogen (secondary N) is 1. The molecule has 2 aliphatic rings. The van der Waals surface area contributed by atoms with E-state index >= 15 is 0 Å². The molecule has 2 amide bonds. The molecule has 1 aliphatic carbocycles. The van der Waals surface area contributed by atoms with Crippen LogP contribution in [0, 0.1) is 5.41 Å². The van der Waals surface area contributed by atoms with Gasteiger partial charge in [-0.25, -0.2) is 9.59 Å². The van der Waals surface area contributed by atoms with Crippen molar-refractivity contribution < 1.29 is 14.7 Å². The van der Waals surface area contributed by atoms with Crippen LogP contribution < -0.4 is 5.32 Å². The highest BCUT2D eigenvalue weighted by Crippen LogP contribution is 2.47. The van der Waals surface area contributed by atoms with E-state index in [1.165, 1.54) is 17.7 Å². The number of hydrogen-bond donors (Lipinski definition) is 2. The minimum absolute atomic E-state index is 0.213. The number of likely N-dealkylation sites (tertiary alicyclic amines) is 1. The number of amides is 2. The van der Waals surface area contributed by atoms with Gasteiger partial charge in [0.2, 0.25) is 0 Å². The summed E-state index contributed by atoms with van der Waals surface area (Å²) in [5.74, 6) is -0.894. The Labute approximate surface area is 101 Å². The lowest BCUT2D eigenvalue weighted by Gasteiger charge is -2.23. The zero-order chi connectivity index (χ0) is 12.5. The smallest absolute Gasteiger partial charge is 0.326 e. The van der Waals surface area contributed by atoms with Gasteiger partial charge in [0.25, 0.3) is 0 Å². The molecule has 1 saturated heterocycles. The molecular formula is C12H20N2O3. The van der Waals surface area contributed by atoms with Crippen molar-refractivity contribution in [2.45, 2.75) is 45.1 Å². The van der Waals surface area contributed by atoms with Gasteiger partial charge in [0, 0.05) is 13.1 Å². The summed E-state index contributed by atoms with van der Waals surface area (Å²) >= 11 is 0. The number of carboxylic acid groups (broad SMARTS) is 1. The van der Waals surface area contributed by atoms with Crippen LogP contribution in [0.2, 0.25) is 0 Å². The van der Waals surface area contributed by atoms with E-state index in [9.17, 15) is 9.59 Å². The molecule has 96 valence electrons. The first-order chi connectivity index (χ1) is 8.08. The maximum absolute atomic E-state index is 11.9. The third kappa shape index (κ3) is 2.53. The molecule has 2 rings (SSSR count). The number of rotatable bonds is 4. The zero-order valence-electron chi connectivity index (χ0n) is 10.2. The summed E-state index contributed by atoms with van der Waals surface area (Å²) in [4.78, 5) is 24.3. The van der Waals surface area contributed by atoms with E-state index in [-0.39, 0.29) is 6.03 Å². The van der Waals surface area contributed by atoms with E-state index in [2.05, 4.69) is 12.2 Å². The first-order valence-corrected chi connectivity index (χ1v) is 6.35. The molecule has 2 fully saturated rings. The summed E-state index contributed by atoms with van der Waals surface area (Å²) in [6, 6.07) is -0.846. The summed E-state index contributed by atoms with van der Waals surface area (Å²) in [5, 5.41) is 11.9. The summed E-state index contributed by atoms with van der Waals surface area (Å²) in [7, 11) is 0. The van der Waals surface area contributed by atoms with E-state index in [0.29, 0.717) is 24.9 Å². The fourth-order valence-electron chi connectivity index (χ4n) is 2.46. The van der Waals surface area contributed by atoms with Crippen molar-refractivity contribution in [3.05, 3.63) is 0 Å². The van der Waals surface area contributed by atoms with Gasteiger partial charge in [-0.1, -0.05) is 6.92 Å². The van der Waals surface area contributed by atoms with E-state index in [0.717, 1.165) is 12.8 Å². The van der Waals surface area contributed by atoms with Crippen LogP contribution in [0.4, 0.5) is 4.79 Å². The Bertz CT molecular complexity index is 326. The van der Waals surface area contributed by atoms with E-state index < -0.39 is 12.0 Å². The van der Waals surface area contributed by atoms with Crippen LogP contribution in [0.15, 0.2) is 0 Å². The number of carbonyl (C=O) groups is 2. The van der Waals surface area contributed by atoms with Gasteiger partial charge in [0.1, 0.15) is 6.04 Å². The highest BCUT2D eigenvalue weighted by Gasteiger charge is 2.41. The molecule has 1 saturated carbocycles. The second-order valence-corrected chi connectivity index (χ2v) is 5.20. The first-order valence-electron chi connectivity index (χ1n) is 6.35. The van der Waals surface area contributed by atoms with Crippen molar-refractivity contribution in [3.8, 4) is 0 Å². The Morgan fingerprint density at radius 3 is 2.71 bits per heavy atom. The number of carboxylic acids is 1. The second-order valence-electron chi connectivity index (χ2n) is 5.20. The molecule has 5 heteroatoms. The summed E-state index contributed by atoms with van der Waals surface area (Å²) in [5.41, 5.74) is 0.300. The molecule has 0 aromatic carbocycles. The molecular weight excluding hydrogens is 220 g/mol. The van der Waals surface area contributed by atoms with Crippen LogP contribution in [0.5, 0.6) is 0 Å². The number of carbonyl (C=O) groups excluding carboxylic acids is 1. The number of nitrogens with zero attached hydrogens (tertiary/aromatic N) is 1. The molecule has 1 unspecified atom stereocenters. The summed E-state index contributed by atoms with van der Waals surface area (Å²) < 4.78 is 0. The van der Waals surface area contributed by atoms with Crippen molar-refractivity contribution in [3.63, 3.8) is 0 Å². The molecule has 1 aliphatic heterocycles. The lowest BCUT2D eigenvalue weighted by molar-refractivity contribution is -0.141. The van der Waals surface area contributed by atoms with Gasteiger partial charge in [-0.3, -0.25) is 0 Å². The number of hydrogen-bond acceptors (Lipinski definition) is 2. The van der Waals surface area contributed by atoms with Crippen molar-refractivity contribution in [2.24, 2.45) is 5.41 Å². The molecule has 0 spiro atoms. The van der Waals surface area contributed by atoms with Crippen molar-refractivity contribution in [1.29, 1.82) is 0 Å². The highest BCUT2D eigenvalue weighted by molar-refractivity contribution is 5.83. The van der Waals surface area contributed by atoms with Crippen molar-refractivity contribution in [1.82, 2.24) is 10.2 Å². The van der Waals surface area contributed by atoms with Gasteiger partial charge >= 0.3 is 12.0 Å². The lowest BCUT2D eigenvalue weighted by atomic mass is 10.0. The minimum atomic E-state index is -0.894. The van der Waals surface area contributed by atoms with Gasteiger partial charge in [-0.15, -0.1) is 0 Å². The monoisotopic (exact) mass is 240 g/mol. The van der Waals surface area contributed by atoms with Crippen LogP contribution in [-0.2, 0) is 4.79 Å². The van der Waals surface area contributed by atoms with Crippen molar-refractivity contribution >= 4 is 12.0 Å². The highest BCUT2D eigenvalue weighted by atomic mass is 16.4. The normalized spacial score (nSPS) is 25.7. The summed E-state index contributed by atoms with van der Waals surface area (Å²) in [6.07, 6.45) is 4.78. The van der Waals surface area contributed by atoms with Crippen molar-refractivity contribution in [2.75, 3.05) is 13.1 Å². The predicted molar refractivity (Wildman–Crippen MR) is 62.7 cm³/mol. The second kappa shape index (κ2) is 4.55. The zero-order valence-corrected chi connectivity index (χ0v) is 10.2. The average molecular weight is 240 g/mol. The fraction of sp³-hybridized carbons (Fsp3) is 0.833. The minimum Gasteiger partial charge on any atom is -0.480 e. The van der Waals surface area contributed by atoms with Crippen LogP contribution in [-0.4, -0.2) is 41.1 Å². The maximum atomic E-state index is 11.9. The molecule has 1 heterocycles. The Hall–Kier alpha value is -1.26. The largest absolute Gasteiger partial charge is 0.480 e. The molecule has 1 atom stereocenters. The fourth-order valence-corrected chi connectivity index (χ4v) is 2.46. The molecule has 2 N–H and O–H groups in total. The Balaban J connectivity index is 1.85. The Kier molecular flexibility index (Phi) is 3.26. The lowest BCUT2D eigenvalue weighted by Crippen LogP contribution is -2.47.